The highest BCUT2D eigenvalue weighted by Crippen LogP contribution is 2.23. The number of thiocarbonyl (C=S) groups is 1. The second-order valence-corrected chi connectivity index (χ2v) is 7.71. The molecule has 8 heteroatoms. The fourth-order valence-corrected chi connectivity index (χ4v) is 3.78. The molecule has 110 valence electrons. The van der Waals surface area contributed by atoms with E-state index in [1.165, 1.54) is 0 Å². The van der Waals surface area contributed by atoms with Gasteiger partial charge in [0.25, 0.3) is 0 Å². The molecule has 1 saturated heterocycles. The van der Waals surface area contributed by atoms with Crippen molar-refractivity contribution in [3.63, 3.8) is 0 Å². The maximum Gasteiger partial charge on any atom is 0.161 e. The third-order valence-corrected chi connectivity index (χ3v) is 5.46. The molecule has 0 spiro atoms. The molecule has 1 aliphatic heterocycles. The summed E-state index contributed by atoms with van der Waals surface area (Å²) in [7, 11) is -2.97. The second kappa shape index (κ2) is 5.61. The molecule has 0 unspecified atom stereocenters. The largest absolute Gasteiger partial charge is 0.389 e. The first-order valence-electron chi connectivity index (χ1n) is 6.41. The van der Waals surface area contributed by atoms with Gasteiger partial charge < -0.3 is 10.6 Å². The van der Waals surface area contributed by atoms with Crippen LogP contribution in [0.1, 0.15) is 23.2 Å². The maximum atomic E-state index is 11.7. The summed E-state index contributed by atoms with van der Waals surface area (Å²) in [6, 6.07) is 0. The number of nitrogens with zero attached hydrogens (tertiary/aromatic N) is 3. The van der Waals surface area contributed by atoms with Crippen LogP contribution in [0.25, 0.3) is 0 Å². The van der Waals surface area contributed by atoms with Gasteiger partial charge >= 0.3 is 0 Å². The van der Waals surface area contributed by atoms with Crippen LogP contribution in [0, 0.1) is 13.8 Å². The zero-order valence-corrected chi connectivity index (χ0v) is 13.2. The number of rotatable bonds is 2. The van der Waals surface area contributed by atoms with E-state index in [0.29, 0.717) is 30.9 Å². The predicted octanol–water partition coefficient (Wildman–Crippen LogP) is 0.353. The molecule has 2 N–H and O–H groups in total. The maximum absolute atomic E-state index is 11.7. The van der Waals surface area contributed by atoms with Crippen molar-refractivity contribution in [2.75, 3.05) is 29.5 Å². The van der Waals surface area contributed by atoms with Gasteiger partial charge in [0, 0.05) is 13.1 Å². The van der Waals surface area contributed by atoms with Crippen molar-refractivity contribution in [3.8, 4) is 0 Å². The Bertz CT molecular complexity index is 643. The van der Waals surface area contributed by atoms with Gasteiger partial charge in [0.2, 0.25) is 0 Å². The van der Waals surface area contributed by atoms with Gasteiger partial charge in [-0.1, -0.05) is 12.2 Å². The minimum Gasteiger partial charge on any atom is -0.389 e. The Balaban J connectivity index is 2.42. The Kier molecular flexibility index (Phi) is 4.24. The summed E-state index contributed by atoms with van der Waals surface area (Å²) in [5.41, 5.74) is 8.18. The van der Waals surface area contributed by atoms with Crippen LogP contribution in [0.5, 0.6) is 0 Å². The van der Waals surface area contributed by atoms with Gasteiger partial charge in [-0.05, 0) is 25.8 Å². The van der Waals surface area contributed by atoms with Crippen molar-refractivity contribution >= 4 is 32.9 Å². The van der Waals surface area contributed by atoms with E-state index in [-0.39, 0.29) is 16.5 Å². The molecule has 2 heterocycles. The first kappa shape index (κ1) is 15.1. The molecule has 6 nitrogen and oxygen atoms in total. The molecule has 1 aliphatic rings. The minimum atomic E-state index is -2.97. The average Bonchev–Trinajstić information content (AvgIpc) is 2.53. The SMILES string of the molecule is Cc1nnc(N2CCCS(=O)(=O)CC2)c(C(N)=S)c1C. The third-order valence-electron chi connectivity index (χ3n) is 3.54. The van der Waals surface area contributed by atoms with Crippen LogP contribution < -0.4 is 10.6 Å². The van der Waals surface area contributed by atoms with Crippen molar-refractivity contribution in [1.29, 1.82) is 0 Å². The Hall–Kier alpha value is -1.28. The fourth-order valence-electron chi connectivity index (χ4n) is 2.26. The molecule has 0 radical (unpaired) electrons. The highest BCUT2D eigenvalue weighted by molar-refractivity contribution is 7.91. The van der Waals surface area contributed by atoms with E-state index in [1.54, 1.807) is 0 Å². The lowest BCUT2D eigenvalue weighted by Crippen LogP contribution is -2.31. The number of aryl methyl sites for hydroxylation is 1. The lowest BCUT2D eigenvalue weighted by molar-refractivity contribution is 0.597. The van der Waals surface area contributed by atoms with E-state index in [0.717, 1.165) is 11.3 Å². The van der Waals surface area contributed by atoms with Crippen molar-refractivity contribution in [3.05, 3.63) is 16.8 Å². The van der Waals surface area contributed by atoms with Gasteiger partial charge in [-0.25, -0.2) is 8.42 Å². The Morgan fingerprint density at radius 3 is 2.60 bits per heavy atom. The first-order valence-corrected chi connectivity index (χ1v) is 8.64. The van der Waals surface area contributed by atoms with Crippen LogP contribution in [0.4, 0.5) is 5.82 Å². The van der Waals surface area contributed by atoms with Crippen LogP contribution in [-0.2, 0) is 9.84 Å². The summed E-state index contributed by atoms with van der Waals surface area (Å²) in [6.45, 7) is 4.76. The molecule has 0 aliphatic carbocycles. The van der Waals surface area contributed by atoms with Crippen LogP contribution in [-0.4, -0.2) is 48.2 Å². The van der Waals surface area contributed by atoms with Crippen LogP contribution >= 0.6 is 12.2 Å². The molecule has 0 atom stereocenters. The smallest absolute Gasteiger partial charge is 0.161 e. The Morgan fingerprint density at radius 1 is 1.25 bits per heavy atom. The second-order valence-electron chi connectivity index (χ2n) is 4.97. The summed E-state index contributed by atoms with van der Waals surface area (Å²) in [6.07, 6.45) is 0.577. The van der Waals surface area contributed by atoms with Crippen molar-refractivity contribution in [2.24, 2.45) is 5.73 Å². The number of anilines is 1. The monoisotopic (exact) mass is 314 g/mol. The minimum absolute atomic E-state index is 0.123. The van der Waals surface area contributed by atoms with Crippen LogP contribution in [0.3, 0.4) is 0 Å². The summed E-state index contributed by atoms with van der Waals surface area (Å²) in [4.78, 5) is 2.18. The summed E-state index contributed by atoms with van der Waals surface area (Å²) in [5, 5.41) is 8.29. The quantitative estimate of drug-likeness (QED) is 0.788. The van der Waals surface area contributed by atoms with Crippen LogP contribution in [0.15, 0.2) is 0 Å². The van der Waals surface area contributed by atoms with Crippen molar-refractivity contribution in [2.45, 2.75) is 20.3 Å². The zero-order valence-electron chi connectivity index (χ0n) is 11.6. The molecule has 20 heavy (non-hydrogen) atoms. The normalized spacial score (nSPS) is 18.6. The molecule has 0 bridgehead atoms. The summed E-state index contributed by atoms with van der Waals surface area (Å²) >= 11 is 5.11. The lowest BCUT2D eigenvalue weighted by atomic mass is 10.1. The van der Waals surface area contributed by atoms with Gasteiger partial charge in [0.05, 0.1) is 22.8 Å². The molecule has 1 aromatic rings. The van der Waals surface area contributed by atoms with E-state index < -0.39 is 9.84 Å². The number of nitrogens with two attached hydrogens (primary N) is 1. The van der Waals surface area contributed by atoms with Crippen molar-refractivity contribution < 1.29 is 8.42 Å². The lowest BCUT2D eigenvalue weighted by Gasteiger charge is -2.24. The van der Waals surface area contributed by atoms with Gasteiger partial charge in [-0.3, -0.25) is 0 Å². The summed E-state index contributed by atoms with van der Waals surface area (Å²) in [5.74, 6) is 0.931. The number of aromatic nitrogens is 2. The van der Waals surface area contributed by atoms with E-state index in [1.807, 2.05) is 18.7 Å². The fraction of sp³-hybridized carbons (Fsp3) is 0.583. The third kappa shape index (κ3) is 3.06. The zero-order chi connectivity index (χ0) is 14.9. The molecule has 0 amide bonds. The van der Waals surface area contributed by atoms with Crippen molar-refractivity contribution in [1.82, 2.24) is 10.2 Å². The van der Waals surface area contributed by atoms with Gasteiger partial charge in [0.15, 0.2) is 15.7 Å². The molecule has 1 aromatic heterocycles. The number of hydrogen-bond donors (Lipinski definition) is 1. The van der Waals surface area contributed by atoms with E-state index in [2.05, 4.69) is 10.2 Å². The Labute approximate surface area is 124 Å². The summed E-state index contributed by atoms with van der Waals surface area (Å²) < 4.78 is 23.3. The van der Waals surface area contributed by atoms with E-state index in [9.17, 15) is 8.42 Å². The molecular weight excluding hydrogens is 296 g/mol. The molecule has 1 fully saturated rings. The number of sulfone groups is 1. The van der Waals surface area contributed by atoms with Gasteiger partial charge in [0.1, 0.15) is 4.99 Å². The molecule has 0 saturated carbocycles. The van der Waals surface area contributed by atoms with Gasteiger partial charge in [-0.2, -0.15) is 5.10 Å². The average molecular weight is 314 g/mol. The van der Waals surface area contributed by atoms with Gasteiger partial charge in [-0.15, -0.1) is 5.10 Å². The van der Waals surface area contributed by atoms with E-state index >= 15 is 0 Å². The topological polar surface area (TPSA) is 89.2 Å². The standard InChI is InChI=1S/C12H18N4O2S2/c1-8-9(2)14-15-12(10(8)11(13)19)16-4-3-6-20(17,18)7-5-16/h3-7H2,1-2H3,(H2,13,19). The molecule has 0 aromatic carbocycles. The Morgan fingerprint density at radius 2 is 1.95 bits per heavy atom. The van der Waals surface area contributed by atoms with E-state index in [4.69, 9.17) is 18.0 Å². The molecule has 2 rings (SSSR count). The first-order chi connectivity index (χ1) is 9.32. The highest BCUT2D eigenvalue weighted by atomic mass is 32.2. The van der Waals surface area contributed by atoms with Crippen LogP contribution in [0.2, 0.25) is 0 Å². The predicted molar refractivity (Wildman–Crippen MR) is 82.9 cm³/mol. The highest BCUT2D eigenvalue weighted by Gasteiger charge is 2.24. The molecular formula is C12H18N4O2S2. The number of hydrogen-bond acceptors (Lipinski definition) is 6.